The van der Waals surface area contributed by atoms with Gasteiger partial charge in [-0.2, -0.15) is 14.7 Å². The number of rotatable bonds is 42. The molecule has 0 saturated heterocycles. The summed E-state index contributed by atoms with van der Waals surface area (Å²) < 4.78 is 49.7. The van der Waals surface area contributed by atoms with Gasteiger partial charge in [0.15, 0.2) is 18.9 Å². The number of hydrogen-bond donors (Lipinski definition) is 0. The Hall–Kier alpha value is -0.130. The number of phosphoric acid groups is 1. The summed E-state index contributed by atoms with van der Waals surface area (Å²) in [4.78, 5) is 17.3. The first-order valence-electron chi connectivity index (χ1n) is 24.6. The number of ether oxygens (including phenoxy) is 3. The molecular formula is C48H99O10P. The Kier molecular flexibility index (Phi) is 36.2. The fourth-order valence-corrected chi connectivity index (χ4v) is 7.45. The molecular weight excluding hydrogens is 767 g/mol. The lowest BCUT2D eigenvalue weighted by Gasteiger charge is -2.30. The fraction of sp³-hybridized carbons (Fsp3) is 1.00. The van der Waals surface area contributed by atoms with Crippen molar-refractivity contribution in [2.45, 2.75) is 311 Å². The van der Waals surface area contributed by atoms with Gasteiger partial charge in [0.05, 0.1) is 16.8 Å². The molecule has 0 aliphatic heterocycles. The number of hydrogen-bond acceptors (Lipinski definition) is 10. The van der Waals surface area contributed by atoms with Gasteiger partial charge >= 0.3 is 7.82 Å². The molecule has 11 heteroatoms. The van der Waals surface area contributed by atoms with Crippen molar-refractivity contribution in [2.24, 2.45) is 0 Å². The van der Waals surface area contributed by atoms with Crippen molar-refractivity contribution in [3.05, 3.63) is 0 Å². The van der Waals surface area contributed by atoms with Crippen LogP contribution in [-0.4, -0.2) is 35.7 Å². The van der Waals surface area contributed by atoms with Crippen molar-refractivity contribution < 1.29 is 47.5 Å². The molecule has 0 N–H and O–H groups in total. The quantitative estimate of drug-likeness (QED) is 0.0194. The fourth-order valence-electron chi connectivity index (χ4n) is 6.77. The molecule has 0 saturated carbocycles. The van der Waals surface area contributed by atoms with Crippen LogP contribution in [0.4, 0.5) is 0 Å². The van der Waals surface area contributed by atoms with Crippen LogP contribution < -0.4 is 0 Å². The van der Waals surface area contributed by atoms with E-state index in [1.807, 2.05) is 62.3 Å². The Bertz CT molecular complexity index is 842. The van der Waals surface area contributed by atoms with Crippen LogP contribution >= 0.6 is 7.82 Å². The maximum absolute atomic E-state index is 14.4. The standard InChI is InChI=1S/C48H99O10P/c1-13-16-19-22-25-28-31-34-37-40-43(50-46(4,5)6)53-56-59(49,57-54-44(51-47(7,8)9)41-38-35-32-29-26-23-20-17-14-2)58-55-45(52-48(10,11)12)42-39-36-33-30-27-24-21-18-15-3/h43-45H,13-42H2,1-12H3. The third-order valence-electron chi connectivity index (χ3n) is 9.81. The Balaban J connectivity index is 5.76. The molecule has 0 amide bonds. The van der Waals surface area contributed by atoms with Gasteiger partial charge in [-0.15, -0.1) is 14.0 Å². The Morgan fingerprint density at radius 2 is 0.508 bits per heavy atom. The SMILES string of the molecule is CCCCCCCCCCCC(OOP(=O)(OOC(CCCCCCCCCCC)OC(C)(C)C)OOC(CCCCCCCCCCC)OC(C)(C)C)OC(C)(C)C. The second kappa shape index (κ2) is 36.2. The zero-order valence-corrected chi connectivity index (χ0v) is 41.9. The molecule has 0 aromatic carbocycles. The van der Waals surface area contributed by atoms with Gasteiger partial charge in [0.1, 0.15) is 0 Å². The van der Waals surface area contributed by atoms with E-state index in [4.69, 9.17) is 42.9 Å². The van der Waals surface area contributed by atoms with Gasteiger partial charge in [-0.3, -0.25) is 0 Å². The predicted molar refractivity (Wildman–Crippen MR) is 244 cm³/mol. The van der Waals surface area contributed by atoms with Gasteiger partial charge < -0.3 is 14.2 Å². The topological polar surface area (TPSA) is 100 Å². The molecule has 0 spiro atoms. The summed E-state index contributed by atoms with van der Waals surface area (Å²) >= 11 is 0. The minimum atomic E-state index is -4.67. The van der Waals surface area contributed by atoms with Crippen LogP contribution in [0.2, 0.25) is 0 Å². The van der Waals surface area contributed by atoms with Crippen molar-refractivity contribution in [3.63, 3.8) is 0 Å². The van der Waals surface area contributed by atoms with Crippen molar-refractivity contribution in [2.75, 3.05) is 0 Å². The molecule has 0 aromatic rings. The summed E-state index contributed by atoms with van der Waals surface area (Å²) in [6, 6.07) is 0. The van der Waals surface area contributed by atoms with Crippen LogP contribution in [0, 0.1) is 0 Å². The third kappa shape index (κ3) is 41.6. The lowest BCUT2D eigenvalue weighted by molar-refractivity contribution is -0.415. The molecule has 356 valence electrons. The Labute approximate surface area is 365 Å². The van der Waals surface area contributed by atoms with Crippen molar-refractivity contribution in [1.29, 1.82) is 0 Å². The highest BCUT2D eigenvalue weighted by Gasteiger charge is 2.38. The minimum absolute atomic E-state index is 0.539. The van der Waals surface area contributed by atoms with Gasteiger partial charge in [-0.1, -0.05) is 175 Å². The summed E-state index contributed by atoms with van der Waals surface area (Å²) in [5.74, 6) is 0. The highest BCUT2D eigenvalue weighted by atomic mass is 31.2. The van der Waals surface area contributed by atoms with Crippen LogP contribution in [0.3, 0.4) is 0 Å². The predicted octanol–water partition coefficient (Wildman–Crippen LogP) is 17.1. The molecule has 10 nitrogen and oxygen atoms in total. The maximum atomic E-state index is 14.4. The van der Waals surface area contributed by atoms with Gasteiger partial charge in [-0.05, 0) is 81.6 Å². The summed E-state index contributed by atoms with van der Waals surface area (Å²) in [7, 11) is -4.67. The van der Waals surface area contributed by atoms with E-state index in [-0.39, 0.29) is 0 Å². The minimum Gasteiger partial charge on any atom is -0.344 e. The molecule has 0 fully saturated rings. The molecule has 0 bridgehead atoms. The third-order valence-corrected chi connectivity index (χ3v) is 10.6. The Morgan fingerprint density at radius 1 is 0.322 bits per heavy atom. The lowest BCUT2D eigenvalue weighted by Crippen LogP contribution is -2.31. The van der Waals surface area contributed by atoms with Crippen LogP contribution in [0.15, 0.2) is 0 Å². The highest BCUT2D eigenvalue weighted by molar-refractivity contribution is 7.48. The Morgan fingerprint density at radius 3 is 0.695 bits per heavy atom. The summed E-state index contributed by atoms with van der Waals surface area (Å²) in [5.41, 5.74) is -1.64. The van der Waals surface area contributed by atoms with Crippen LogP contribution in [-0.2, 0) is 47.5 Å². The van der Waals surface area contributed by atoms with E-state index < -0.39 is 43.5 Å². The summed E-state index contributed by atoms with van der Waals surface area (Å²) in [6.07, 6.45) is 31.2. The molecule has 59 heavy (non-hydrogen) atoms. The van der Waals surface area contributed by atoms with Crippen LogP contribution in [0.1, 0.15) is 276 Å². The van der Waals surface area contributed by atoms with Crippen LogP contribution in [0.5, 0.6) is 0 Å². The van der Waals surface area contributed by atoms with E-state index >= 15 is 0 Å². The van der Waals surface area contributed by atoms with E-state index in [9.17, 15) is 4.57 Å². The summed E-state index contributed by atoms with van der Waals surface area (Å²) in [5, 5.41) is 0. The maximum Gasteiger partial charge on any atom is 0.557 e. The first kappa shape index (κ1) is 58.9. The molecule has 0 heterocycles. The molecule has 3 unspecified atom stereocenters. The van der Waals surface area contributed by atoms with Gasteiger partial charge in [0.2, 0.25) is 0 Å². The molecule has 3 atom stereocenters. The van der Waals surface area contributed by atoms with Gasteiger partial charge in [-0.25, -0.2) is 4.57 Å². The molecule has 0 aliphatic rings. The molecule has 0 radical (unpaired) electrons. The second-order valence-corrected chi connectivity index (χ2v) is 21.1. The first-order chi connectivity index (χ1) is 27.9. The molecule has 0 aliphatic carbocycles. The van der Waals surface area contributed by atoms with Gasteiger partial charge in [0.25, 0.3) is 0 Å². The van der Waals surface area contributed by atoms with Crippen molar-refractivity contribution >= 4 is 7.82 Å². The second-order valence-electron chi connectivity index (χ2n) is 19.8. The van der Waals surface area contributed by atoms with E-state index in [2.05, 4.69) is 20.8 Å². The van der Waals surface area contributed by atoms with Crippen molar-refractivity contribution in [1.82, 2.24) is 0 Å². The normalized spacial score (nSPS) is 15.4. The van der Waals surface area contributed by atoms with E-state index in [1.54, 1.807) is 0 Å². The summed E-state index contributed by atoms with van der Waals surface area (Å²) in [6.45, 7) is 24.2. The van der Waals surface area contributed by atoms with E-state index in [0.717, 1.165) is 57.8 Å². The highest BCUT2D eigenvalue weighted by Crippen LogP contribution is 2.52. The van der Waals surface area contributed by atoms with E-state index in [0.29, 0.717) is 19.3 Å². The monoisotopic (exact) mass is 867 g/mol. The van der Waals surface area contributed by atoms with E-state index in [1.165, 1.54) is 116 Å². The smallest absolute Gasteiger partial charge is 0.344 e. The first-order valence-corrected chi connectivity index (χ1v) is 26.1. The average molecular weight is 867 g/mol. The number of unbranched alkanes of at least 4 members (excludes halogenated alkanes) is 24. The van der Waals surface area contributed by atoms with Gasteiger partial charge in [0, 0.05) is 19.3 Å². The zero-order valence-electron chi connectivity index (χ0n) is 41.0. The largest absolute Gasteiger partial charge is 0.557 e. The average Bonchev–Trinajstić information content (AvgIpc) is 3.14. The zero-order chi connectivity index (χ0) is 44.3. The molecule has 0 aromatic heterocycles. The molecule has 0 rings (SSSR count). The van der Waals surface area contributed by atoms with Crippen LogP contribution in [0.25, 0.3) is 0 Å². The lowest BCUT2D eigenvalue weighted by atomic mass is 10.1. The van der Waals surface area contributed by atoms with Crippen molar-refractivity contribution in [3.8, 4) is 0 Å².